The van der Waals surface area contributed by atoms with Gasteiger partial charge in [-0.05, 0) is 158 Å². The lowest BCUT2D eigenvalue weighted by atomic mass is 9.61. The lowest BCUT2D eigenvalue weighted by molar-refractivity contribution is 0.0447. The number of rotatable bonds is 4. The third-order valence-corrected chi connectivity index (χ3v) is 15.4. The molecule has 10 aliphatic rings. The number of allylic oxidation sites excluding steroid dienone is 4. The van der Waals surface area contributed by atoms with Gasteiger partial charge in [0.15, 0.2) is 0 Å². The van der Waals surface area contributed by atoms with Gasteiger partial charge in [-0.15, -0.1) is 0 Å². The molecule has 10 rings (SSSR count). The molecule has 0 radical (unpaired) electrons. The Morgan fingerprint density at radius 3 is 1.48 bits per heavy atom. The Bertz CT molecular complexity index is 852. The molecule has 0 aliphatic heterocycles. The van der Waals surface area contributed by atoms with Gasteiger partial charge in [0.1, 0.15) is 0 Å². The van der Waals surface area contributed by atoms with Crippen molar-refractivity contribution in [2.75, 3.05) is 0 Å². The fraction of sp³-hybridized carbons (Fsp3) is 0.879. The maximum absolute atomic E-state index is 2.67. The Morgan fingerprint density at radius 1 is 0.455 bits per heavy atom. The van der Waals surface area contributed by atoms with Crippen molar-refractivity contribution in [3.05, 3.63) is 24.3 Å². The normalized spacial score (nSPS) is 67.8. The van der Waals surface area contributed by atoms with Crippen LogP contribution in [0.1, 0.15) is 70.6 Å². The fourth-order valence-electron chi connectivity index (χ4n) is 15.2. The van der Waals surface area contributed by atoms with E-state index in [1.165, 1.54) is 36.5 Å². The summed E-state index contributed by atoms with van der Waals surface area (Å²) in [6, 6.07) is 0. The quantitative estimate of drug-likeness (QED) is 0.311. The predicted molar refractivity (Wildman–Crippen MR) is 132 cm³/mol. The predicted octanol–water partition coefficient (Wildman–Crippen LogP) is 7.62. The Labute approximate surface area is 201 Å². The molecule has 0 heterocycles. The zero-order chi connectivity index (χ0) is 21.0. The van der Waals surface area contributed by atoms with Crippen LogP contribution in [0, 0.1) is 107 Å². The van der Waals surface area contributed by atoms with Crippen molar-refractivity contribution in [1.82, 2.24) is 0 Å². The average molecular weight is 441 g/mol. The third kappa shape index (κ3) is 2.12. The van der Waals surface area contributed by atoms with Crippen molar-refractivity contribution in [2.45, 2.75) is 70.6 Å². The van der Waals surface area contributed by atoms with E-state index in [1.54, 1.807) is 57.8 Å². The van der Waals surface area contributed by atoms with Gasteiger partial charge in [0, 0.05) is 0 Å². The second-order valence-electron chi connectivity index (χ2n) is 15.5. The summed E-state index contributed by atoms with van der Waals surface area (Å²) in [5, 5.41) is 0. The first kappa shape index (κ1) is 18.7. The summed E-state index contributed by atoms with van der Waals surface area (Å²) >= 11 is 0. The molecule has 0 aromatic rings. The molecule has 10 aliphatic carbocycles. The fourth-order valence-corrected chi connectivity index (χ4v) is 15.2. The van der Waals surface area contributed by atoms with Gasteiger partial charge < -0.3 is 0 Å². The molecule has 8 bridgehead atoms. The zero-order valence-electron chi connectivity index (χ0n) is 20.5. The molecule has 8 fully saturated rings. The van der Waals surface area contributed by atoms with Crippen molar-refractivity contribution in [1.29, 1.82) is 0 Å². The largest absolute Gasteiger partial charge is 0.0879 e. The molecule has 0 saturated heterocycles. The van der Waals surface area contributed by atoms with Gasteiger partial charge in [-0.2, -0.15) is 0 Å². The van der Waals surface area contributed by atoms with Crippen LogP contribution < -0.4 is 0 Å². The van der Waals surface area contributed by atoms with Gasteiger partial charge >= 0.3 is 0 Å². The Balaban J connectivity index is 0.808. The summed E-state index contributed by atoms with van der Waals surface area (Å²) in [5.74, 6) is 20.4. The highest BCUT2D eigenvalue weighted by atomic mass is 14.7. The standard InChI is InChI=1S/C33H44/c1(4-16-10-18-12-24(16)32-28-14-26(30(18)32)20-6-2-8-22(20)28)5-17-11-19-13-25(17)33-29-15-27(31(19)33)21-7-3-9-23(21)29/h2-3,8-9,16-33H,1,4-7,10-15H2. The highest BCUT2D eigenvalue weighted by Gasteiger charge is 2.68. The van der Waals surface area contributed by atoms with Crippen LogP contribution in [0.3, 0.4) is 0 Å². The summed E-state index contributed by atoms with van der Waals surface area (Å²) in [6.07, 6.45) is 28.1. The van der Waals surface area contributed by atoms with E-state index < -0.39 is 0 Å². The Hall–Kier alpha value is -0.520. The minimum absolute atomic E-state index is 1.02. The summed E-state index contributed by atoms with van der Waals surface area (Å²) in [4.78, 5) is 0. The van der Waals surface area contributed by atoms with E-state index in [2.05, 4.69) is 24.3 Å². The van der Waals surface area contributed by atoms with E-state index in [0.29, 0.717) is 0 Å². The zero-order valence-corrected chi connectivity index (χ0v) is 20.5. The molecule has 0 N–H and O–H groups in total. The smallest absolute Gasteiger partial charge is 0.0168 e. The van der Waals surface area contributed by atoms with Crippen molar-refractivity contribution in [3.8, 4) is 0 Å². The summed E-state index contributed by atoms with van der Waals surface area (Å²) in [6.45, 7) is 0. The van der Waals surface area contributed by atoms with E-state index in [-0.39, 0.29) is 0 Å². The average Bonchev–Trinajstić information content (AvgIpc) is 3.67. The van der Waals surface area contributed by atoms with Crippen molar-refractivity contribution in [3.63, 3.8) is 0 Å². The summed E-state index contributed by atoms with van der Waals surface area (Å²) in [7, 11) is 0. The maximum Gasteiger partial charge on any atom is -0.0168 e. The maximum atomic E-state index is 2.67. The number of hydrogen-bond acceptors (Lipinski definition) is 0. The molecule has 0 aromatic heterocycles. The van der Waals surface area contributed by atoms with Crippen molar-refractivity contribution >= 4 is 0 Å². The number of hydrogen-bond donors (Lipinski definition) is 0. The van der Waals surface area contributed by atoms with Crippen LogP contribution in [-0.4, -0.2) is 0 Å². The van der Waals surface area contributed by atoms with Gasteiger partial charge in [0.25, 0.3) is 0 Å². The number of fused-ring (bicyclic) bond motifs is 24. The SMILES string of the molecule is C1=CC2C(C1)C1CC2C2C3CC(CC3CCCC3CC4CC3C3C5CC(C6CC=CC65)C43)C12. The van der Waals surface area contributed by atoms with Crippen LogP contribution in [-0.2, 0) is 0 Å². The molecule has 176 valence electrons. The second kappa shape index (κ2) is 6.24. The first-order valence-corrected chi connectivity index (χ1v) is 15.7. The van der Waals surface area contributed by atoms with Crippen molar-refractivity contribution < 1.29 is 0 Å². The van der Waals surface area contributed by atoms with E-state index in [0.717, 1.165) is 82.9 Å². The molecule has 18 atom stereocenters. The monoisotopic (exact) mass is 440 g/mol. The Kier molecular flexibility index (Phi) is 3.54. The molecule has 33 heavy (non-hydrogen) atoms. The molecule has 0 amide bonds. The van der Waals surface area contributed by atoms with E-state index in [9.17, 15) is 0 Å². The van der Waals surface area contributed by atoms with E-state index in [4.69, 9.17) is 0 Å². The molecular weight excluding hydrogens is 396 g/mol. The van der Waals surface area contributed by atoms with Crippen LogP contribution in [0.4, 0.5) is 0 Å². The minimum atomic E-state index is 1.02. The topological polar surface area (TPSA) is 0 Å². The van der Waals surface area contributed by atoms with E-state index >= 15 is 0 Å². The molecule has 18 unspecified atom stereocenters. The van der Waals surface area contributed by atoms with Crippen LogP contribution in [0.25, 0.3) is 0 Å². The van der Waals surface area contributed by atoms with Gasteiger partial charge in [0.05, 0.1) is 0 Å². The van der Waals surface area contributed by atoms with Crippen LogP contribution in [0.5, 0.6) is 0 Å². The van der Waals surface area contributed by atoms with Gasteiger partial charge in [0.2, 0.25) is 0 Å². The summed E-state index contributed by atoms with van der Waals surface area (Å²) < 4.78 is 0. The van der Waals surface area contributed by atoms with Crippen molar-refractivity contribution in [2.24, 2.45) is 107 Å². The Morgan fingerprint density at radius 2 is 0.970 bits per heavy atom. The third-order valence-electron chi connectivity index (χ3n) is 15.4. The van der Waals surface area contributed by atoms with Crippen LogP contribution >= 0.6 is 0 Å². The molecule has 0 heteroatoms. The molecule has 0 spiro atoms. The molecule has 8 saturated carbocycles. The lowest BCUT2D eigenvalue weighted by Gasteiger charge is -2.44. The molecular formula is C33H44. The highest BCUT2D eigenvalue weighted by molar-refractivity contribution is 5.22. The lowest BCUT2D eigenvalue weighted by Crippen LogP contribution is -2.39. The van der Waals surface area contributed by atoms with Crippen LogP contribution in [0.15, 0.2) is 24.3 Å². The first-order valence-electron chi connectivity index (χ1n) is 15.7. The minimum Gasteiger partial charge on any atom is -0.0879 e. The van der Waals surface area contributed by atoms with Gasteiger partial charge in [-0.3, -0.25) is 0 Å². The van der Waals surface area contributed by atoms with Gasteiger partial charge in [-0.1, -0.05) is 43.6 Å². The molecule has 0 aromatic carbocycles. The van der Waals surface area contributed by atoms with E-state index in [1.807, 2.05) is 0 Å². The summed E-state index contributed by atoms with van der Waals surface area (Å²) in [5.41, 5.74) is 0. The van der Waals surface area contributed by atoms with Gasteiger partial charge in [-0.25, -0.2) is 0 Å². The second-order valence-corrected chi connectivity index (χ2v) is 15.5. The molecule has 0 nitrogen and oxygen atoms in total. The first-order chi connectivity index (χ1) is 16.3. The van der Waals surface area contributed by atoms with Crippen LogP contribution in [0.2, 0.25) is 0 Å². The highest BCUT2D eigenvalue weighted by Crippen LogP contribution is 2.75.